The van der Waals surface area contributed by atoms with E-state index in [-0.39, 0.29) is 0 Å². The number of hydrogen-bond acceptors (Lipinski definition) is 7. The summed E-state index contributed by atoms with van der Waals surface area (Å²) in [6.07, 6.45) is 3.77. The molecule has 3 rings (SSSR count). The Labute approximate surface area is 114 Å². The van der Waals surface area contributed by atoms with E-state index in [2.05, 4.69) is 25.1 Å². The van der Waals surface area contributed by atoms with Crippen LogP contribution in [0.4, 0.5) is 5.95 Å². The lowest BCUT2D eigenvalue weighted by molar-refractivity contribution is 0.401. The Morgan fingerprint density at radius 2 is 2.20 bits per heavy atom. The Bertz CT molecular complexity index is 746. The van der Waals surface area contributed by atoms with Gasteiger partial charge in [0.1, 0.15) is 18.5 Å². The first-order valence-electron chi connectivity index (χ1n) is 6.04. The highest BCUT2D eigenvalue weighted by Gasteiger charge is 2.15. The summed E-state index contributed by atoms with van der Waals surface area (Å²) in [5.74, 6) is 1.66. The van der Waals surface area contributed by atoms with Gasteiger partial charge in [-0.2, -0.15) is 4.98 Å². The van der Waals surface area contributed by atoms with Crippen molar-refractivity contribution in [2.45, 2.75) is 13.0 Å². The molecule has 0 radical (unpaired) electrons. The van der Waals surface area contributed by atoms with Crippen LogP contribution in [0, 0.1) is 0 Å². The van der Waals surface area contributed by atoms with Crippen molar-refractivity contribution in [2.24, 2.45) is 7.05 Å². The van der Waals surface area contributed by atoms with Crippen molar-refractivity contribution in [1.82, 2.24) is 34.3 Å². The van der Waals surface area contributed by atoms with Crippen LogP contribution in [0.1, 0.15) is 5.82 Å². The van der Waals surface area contributed by atoms with Gasteiger partial charge in [0.2, 0.25) is 11.8 Å². The third kappa shape index (κ3) is 1.92. The number of imidazole rings is 1. The van der Waals surface area contributed by atoms with E-state index >= 15 is 0 Å². The fraction of sp³-hybridized carbons (Fsp3) is 0.364. The van der Waals surface area contributed by atoms with Crippen molar-refractivity contribution in [2.75, 3.05) is 12.8 Å². The zero-order valence-corrected chi connectivity index (χ0v) is 11.2. The normalized spacial score (nSPS) is 11.1. The van der Waals surface area contributed by atoms with Crippen molar-refractivity contribution >= 4 is 17.1 Å². The number of ether oxygens (including phenoxy) is 1. The average Bonchev–Trinajstić information content (AvgIpc) is 2.99. The highest BCUT2D eigenvalue weighted by Crippen LogP contribution is 2.22. The van der Waals surface area contributed by atoms with Crippen LogP contribution in [-0.2, 0) is 20.0 Å². The number of methoxy groups -OCH3 is 1. The number of aromatic nitrogens is 7. The third-order valence-electron chi connectivity index (χ3n) is 3.09. The molecule has 0 amide bonds. The number of anilines is 1. The molecule has 0 aliphatic rings. The lowest BCUT2D eigenvalue weighted by atomic mass is 10.4. The van der Waals surface area contributed by atoms with Gasteiger partial charge in [-0.25, -0.2) is 9.97 Å². The predicted octanol–water partition coefficient (Wildman–Crippen LogP) is -0.212. The Kier molecular flexibility index (Phi) is 2.93. The maximum absolute atomic E-state index is 5.94. The van der Waals surface area contributed by atoms with Crippen molar-refractivity contribution in [3.63, 3.8) is 0 Å². The molecule has 20 heavy (non-hydrogen) atoms. The van der Waals surface area contributed by atoms with E-state index in [1.807, 2.05) is 16.2 Å². The first kappa shape index (κ1) is 12.3. The highest BCUT2D eigenvalue weighted by atomic mass is 16.5. The molecule has 0 unspecified atom stereocenters. The molecular weight excluding hydrogens is 260 g/mol. The molecule has 9 heteroatoms. The Hall–Kier alpha value is -2.71. The number of aryl methyl sites for hydroxylation is 3. The molecule has 0 saturated carbocycles. The third-order valence-corrected chi connectivity index (χ3v) is 3.09. The molecule has 0 saturated heterocycles. The van der Waals surface area contributed by atoms with Gasteiger partial charge in [0, 0.05) is 20.0 Å². The minimum Gasteiger partial charge on any atom is -0.479 e. The number of nitrogens with two attached hydrogens (primary N) is 1. The molecule has 0 spiro atoms. The van der Waals surface area contributed by atoms with Crippen LogP contribution >= 0.6 is 0 Å². The van der Waals surface area contributed by atoms with E-state index in [4.69, 9.17) is 10.5 Å². The Balaban J connectivity index is 1.95. The maximum atomic E-state index is 5.94. The van der Waals surface area contributed by atoms with Crippen molar-refractivity contribution in [1.29, 1.82) is 0 Å². The van der Waals surface area contributed by atoms with Gasteiger partial charge < -0.3 is 15.0 Å². The van der Waals surface area contributed by atoms with Crippen LogP contribution in [0.2, 0.25) is 0 Å². The van der Waals surface area contributed by atoms with Crippen LogP contribution in [0.3, 0.4) is 0 Å². The summed E-state index contributed by atoms with van der Waals surface area (Å²) in [5.41, 5.74) is 7.15. The summed E-state index contributed by atoms with van der Waals surface area (Å²) in [6.45, 7) is 0.606. The standard InChI is InChI=1S/C11H14N8O/c1-18-6-15-17-7(18)3-4-19-9-8(16-11(19)12)10(20-2)14-5-13-9/h5-6H,3-4H2,1-2H3,(H2,12,16). The van der Waals surface area contributed by atoms with Gasteiger partial charge in [-0.05, 0) is 0 Å². The topological polar surface area (TPSA) is 110 Å². The Morgan fingerprint density at radius 3 is 2.90 bits per heavy atom. The zero-order valence-electron chi connectivity index (χ0n) is 11.2. The van der Waals surface area contributed by atoms with Gasteiger partial charge in [-0.15, -0.1) is 10.2 Å². The highest BCUT2D eigenvalue weighted by molar-refractivity contribution is 5.78. The lowest BCUT2D eigenvalue weighted by Crippen LogP contribution is -2.09. The monoisotopic (exact) mass is 274 g/mol. The fourth-order valence-corrected chi connectivity index (χ4v) is 2.05. The molecule has 3 aromatic heterocycles. The molecule has 0 atom stereocenters. The largest absolute Gasteiger partial charge is 0.479 e. The molecule has 0 bridgehead atoms. The summed E-state index contributed by atoms with van der Waals surface area (Å²) in [6, 6.07) is 0. The van der Waals surface area contributed by atoms with Crippen molar-refractivity contribution in [3.05, 3.63) is 18.5 Å². The summed E-state index contributed by atoms with van der Waals surface area (Å²) < 4.78 is 8.84. The van der Waals surface area contributed by atoms with E-state index < -0.39 is 0 Å². The van der Waals surface area contributed by atoms with Crippen molar-refractivity contribution in [3.8, 4) is 5.88 Å². The SMILES string of the molecule is COc1ncnc2c1nc(N)n2CCc1nncn1C. The second-order valence-electron chi connectivity index (χ2n) is 4.28. The molecule has 2 N–H and O–H groups in total. The van der Waals surface area contributed by atoms with Gasteiger partial charge in [0.15, 0.2) is 11.2 Å². The van der Waals surface area contributed by atoms with E-state index in [9.17, 15) is 0 Å². The molecule has 3 aromatic rings. The molecule has 104 valence electrons. The van der Waals surface area contributed by atoms with Crippen LogP contribution in [0.15, 0.2) is 12.7 Å². The van der Waals surface area contributed by atoms with Gasteiger partial charge >= 0.3 is 0 Å². The van der Waals surface area contributed by atoms with Gasteiger partial charge in [0.25, 0.3) is 0 Å². The smallest absolute Gasteiger partial charge is 0.245 e. The number of nitrogen functional groups attached to an aromatic ring is 1. The minimum atomic E-state index is 0.376. The zero-order chi connectivity index (χ0) is 14.1. The summed E-state index contributed by atoms with van der Waals surface area (Å²) in [4.78, 5) is 12.5. The van der Waals surface area contributed by atoms with Crippen molar-refractivity contribution < 1.29 is 4.74 Å². The molecule has 0 aliphatic heterocycles. The van der Waals surface area contributed by atoms with Gasteiger partial charge in [0.05, 0.1) is 7.11 Å². The lowest BCUT2D eigenvalue weighted by Gasteiger charge is -2.05. The molecule has 0 fully saturated rings. The fourth-order valence-electron chi connectivity index (χ4n) is 2.05. The summed E-state index contributed by atoms with van der Waals surface area (Å²) in [7, 11) is 3.44. The van der Waals surface area contributed by atoms with E-state index in [1.165, 1.54) is 13.4 Å². The Morgan fingerprint density at radius 1 is 1.35 bits per heavy atom. The van der Waals surface area contributed by atoms with Crippen LogP contribution < -0.4 is 10.5 Å². The van der Waals surface area contributed by atoms with Gasteiger partial charge in [-0.3, -0.25) is 4.57 Å². The van der Waals surface area contributed by atoms with E-state index in [1.54, 1.807) is 6.33 Å². The average molecular weight is 274 g/mol. The minimum absolute atomic E-state index is 0.376. The molecular formula is C11H14N8O. The number of hydrogen-bond donors (Lipinski definition) is 1. The molecule has 9 nitrogen and oxygen atoms in total. The molecule has 0 aromatic carbocycles. The van der Waals surface area contributed by atoms with Crippen LogP contribution in [0.5, 0.6) is 5.88 Å². The number of fused-ring (bicyclic) bond motifs is 1. The number of nitrogens with zero attached hydrogens (tertiary/aromatic N) is 7. The maximum Gasteiger partial charge on any atom is 0.245 e. The quantitative estimate of drug-likeness (QED) is 0.700. The summed E-state index contributed by atoms with van der Waals surface area (Å²) >= 11 is 0. The number of rotatable bonds is 4. The second-order valence-corrected chi connectivity index (χ2v) is 4.28. The van der Waals surface area contributed by atoms with Crippen LogP contribution in [-0.4, -0.2) is 41.4 Å². The first-order valence-corrected chi connectivity index (χ1v) is 6.04. The van der Waals surface area contributed by atoms with Crippen LogP contribution in [0.25, 0.3) is 11.2 Å². The van der Waals surface area contributed by atoms with E-state index in [0.29, 0.717) is 36.0 Å². The summed E-state index contributed by atoms with van der Waals surface area (Å²) in [5, 5.41) is 7.88. The second kappa shape index (κ2) is 4.76. The molecule has 3 heterocycles. The molecule has 0 aliphatic carbocycles. The predicted molar refractivity (Wildman–Crippen MR) is 71.0 cm³/mol. The first-order chi connectivity index (χ1) is 9.70. The van der Waals surface area contributed by atoms with Gasteiger partial charge in [-0.1, -0.05) is 0 Å². The van der Waals surface area contributed by atoms with E-state index in [0.717, 1.165) is 5.82 Å².